The molecule has 184 valence electrons. The zero-order valence-electron chi connectivity index (χ0n) is 20.1. The molecule has 2 fully saturated rings. The van der Waals surface area contributed by atoms with Crippen LogP contribution >= 0.6 is 0 Å². The number of aliphatic hydroxyl groups is 1. The molecule has 3 atom stereocenters. The second kappa shape index (κ2) is 9.13. The minimum atomic E-state index is -1.55. The largest absolute Gasteiger partial charge is 0.382 e. The van der Waals surface area contributed by atoms with Crippen LogP contribution in [0.5, 0.6) is 0 Å². The fraction of sp³-hybridized carbons (Fsp3) is 0.615. The summed E-state index contributed by atoms with van der Waals surface area (Å²) in [4.78, 5) is 8.58. The van der Waals surface area contributed by atoms with E-state index < -0.39 is 17.2 Å². The number of β-amino-alcohol motifs (C(OH)–C–C–N with tert-alkyl or cyclic N) is 1. The molecule has 0 radical (unpaired) electrons. The van der Waals surface area contributed by atoms with Gasteiger partial charge in [-0.15, -0.1) is 0 Å². The molecular weight excluding hydrogens is 436 g/mol. The van der Waals surface area contributed by atoms with E-state index in [1.165, 1.54) is 42.3 Å². The first-order valence-corrected chi connectivity index (χ1v) is 12.4. The van der Waals surface area contributed by atoms with E-state index in [0.29, 0.717) is 5.41 Å². The maximum Gasteiger partial charge on any atom is 0.137 e. The van der Waals surface area contributed by atoms with Gasteiger partial charge >= 0.3 is 0 Å². The molecule has 1 saturated carbocycles. The molecule has 0 spiro atoms. The first-order valence-electron chi connectivity index (χ1n) is 12.4. The topological polar surface area (TPSA) is 57.4 Å². The van der Waals surface area contributed by atoms with Crippen LogP contribution in [0.1, 0.15) is 38.7 Å². The third-order valence-electron chi connectivity index (χ3n) is 8.57. The zero-order chi connectivity index (χ0) is 23.9. The maximum absolute atomic E-state index is 14.7. The number of halogens is 2. The second-order valence-corrected chi connectivity index (χ2v) is 10.9. The van der Waals surface area contributed by atoms with Gasteiger partial charge in [-0.25, -0.2) is 18.4 Å². The summed E-state index contributed by atoms with van der Waals surface area (Å²) in [7, 11) is 0. The Labute approximate surface area is 200 Å². The van der Waals surface area contributed by atoms with Crippen molar-refractivity contribution in [2.24, 2.45) is 17.3 Å². The molecule has 1 aliphatic heterocycles. The molecule has 8 heteroatoms. The molecular formula is C26H35F2N5O. The maximum atomic E-state index is 14.7. The van der Waals surface area contributed by atoms with Crippen LogP contribution in [0.15, 0.2) is 42.5 Å². The summed E-state index contributed by atoms with van der Waals surface area (Å²) in [6.45, 7) is 9.59. The highest BCUT2D eigenvalue weighted by molar-refractivity contribution is 5.26. The Hall–Kier alpha value is -2.16. The average Bonchev–Trinajstić information content (AvgIpc) is 3.31. The van der Waals surface area contributed by atoms with E-state index in [-0.39, 0.29) is 18.7 Å². The van der Waals surface area contributed by atoms with Crippen molar-refractivity contribution in [3.05, 3.63) is 59.7 Å². The molecule has 6 rings (SSSR count). The molecule has 2 heterocycles. The van der Waals surface area contributed by atoms with E-state index >= 15 is 0 Å². The van der Waals surface area contributed by atoms with Crippen LogP contribution in [-0.4, -0.2) is 68.9 Å². The van der Waals surface area contributed by atoms with E-state index in [2.05, 4.69) is 39.8 Å². The Balaban J connectivity index is 1.20. The molecule has 4 aliphatic rings. The van der Waals surface area contributed by atoms with Crippen LogP contribution in [0, 0.1) is 28.9 Å². The van der Waals surface area contributed by atoms with Crippen molar-refractivity contribution < 1.29 is 13.9 Å². The third-order valence-corrected chi connectivity index (χ3v) is 8.57. The number of rotatable bonds is 8. The Kier molecular flexibility index (Phi) is 6.33. The summed E-state index contributed by atoms with van der Waals surface area (Å²) in [5.41, 5.74) is 0.640. The zero-order valence-corrected chi connectivity index (χ0v) is 20.1. The number of benzene rings is 1. The first kappa shape index (κ1) is 23.6. The van der Waals surface area contributed by atoms with Crippen molar-refractivity contribution in [2.45, 2.75) is 45.3 Å². The van der Waals surface area contributed by atoms with Gasteiger partial charge in [0.1, 0.15) is 29.9 Å². The van der Waals surface area contributed by atoms with Gasteiger partial charge in [-0.1, -0.05) is 31.6 Å². The molecule has 1 saturated heterocycles. The van der Waals surface area contributed by atoms with E-state index in [1.807, 2.05) is 0 Å². The van der Waals surface area contributed by atoms with Crippen molar-refractivity contribution in [3.8, 4) is 0 Å². The number of hydrogen-bond acceptors (Lipinski definition) is 5. The van der Waals surface area contributed by atoms with Gasteiger partial charge in [0.2, 0.25) is 0 Å². The smallest absolute Gasteiger partial charge is 0.137 e. The van der Waals surface area contributed by atoms with Crippen molar-refractivity contribution in [2.75, 3.05) is 39.3 Å². The highest BCUT2D eigenvalue weighted by Crippen LogP contribution is 2.59. The quantitative estimate of drug-likeness (QED) is 0.598. The van der Waals surface area contributed by atoms with Crippen molar-refractivity contribution in [1.82, 2.24) is 24.6 Å². The number of nitrogens with zero attached hydrogens (tertiary/aromatic N) is 5. The van der Waals surface area contributed by atoms with E-state index in [0.717, 1.165) is 57.0 Å². The number of piperazine rings is 1. The van der Waals surface area contributed by atoms with Gasteiger partial charge in [0, 0.05) is 50.9 Å². The van der Waals surface area contributed by atoms with Crippen molar-refractivity contribution in [3.63, 3.8) is 0 Å². The van der Waals surface area contributed by atoms with Crippen molar-refractivity contribution in [1.29, 1.82) is 0 Å². The molecule has 0 amide bonds. The number of hydrogen-bond donors (Lipinski definition) is 1. The van der Waals surface area contributed by atoms with E-state index in [1.54, 1.807) is 5.57 Å². The van der Waals surface area contributed by atoms with Gasteiger partial charge in [0.25, 0.3) is 0 Å². The van der Waals surface area contributed by atoms with Gasteiger partial charge in [0.15, 0.2) is 0 Å². The summed E-state index contributed by atoms with van der Waals surface area (Å²) in [5, 5.41) is 15.7. The van der Waals surface area contributed by atoms with Gasteiger partial charge in [0.05, 0.1) is 6.54 Å². The van der Waals surface area contributed by atoms with Crippen LogP contribution in [0.2, 0.25) is 0 Å². The van der Waals surface area contributed by atoms with Crippen LogP contribution in [0.4, 0.5) is 8.78 Å². The Morgan fingerprint density at radius 1 is 1.12 bits per heavy atom. The lowest BCUT2D eigenvalue weighted by molar-refractivity contribution is -0.0324. The van der Waals surface area contributed by atoms with Gasteiger partial charge in [-0.2, -0.15) is 5.10 Å². The molecule has 1 unspecified atom stereocenters. The first-order chi connectivity index (χ1) is 16.2. The lowest BCUT2D eigenvalue weighted by atomic mass is 9.48. The lowest BCUT2D eigenvalue weighted by Gasteiger charge is -2.56. The summed E-state index contributed by atoms with van der Waals surface area (Å²) in [6, 6.07) is 3.35. The monoisotopic (exact) mass is 471 g/mol. The summed E-state index contributed by atoms with van der Waals surface area (Å²) in [6.07, 6.45) is 9.09. The molecule has 6 nitrogen and oxygen atoms in total. The number of fused-ring (bicyclic) bond motifs is 1. The summed E-state index contributed by atoms with van der Waals surface area (Å²) >= 11 is 0. The Morgan fingerprint density at radius 3 is 2.53 bits per heavy atom. The van der Waals surface area contributed by atoms with Crippen molar-refractivity contribution >= 4 is 0 Å². The molecule has 2 bridgehead atoms. The molecule has 34 heavy (non-hydrogen) atoms. The predicted molar refractivity (Wildman–Crippen MR) is 126 cm³/mol. The fourth-order valence-electron chi connectivity index (χ4n) is 6.26. The van der Waals surface area contributed by atoms with Crippen LogP contribution in [0.3, 0.4) is 0 Å². The molecule has 1 aromatic heterocycles. The van der Waals surface area contributed by atoms with Gasteiger partial charge in [-0.3, -0.25) is 4.90 Å². The highest BCUT2D eigenvalue weighted by atomic mass is 19.1. The third kappa shape index (κ3) is 4.55. The van der Waals surface area contributed by atoms with E-state index in [9.17, 15) is 13.9 Å². The van der Waals surface area contributed by atoms with Crippen LogP contribution in [-0.2, 0) is 12.1 Å². The molecule has 1 aromatic carbocycles. The number of aromatic nitrogens is 3. The Morgan fingerprint density at radius 2 is 1.88 bits per heavy atom. The minimum Gasteiger partial charge on any atom is -0.382 e. The van der Waals surface area contributed by atoms with Gasteiger partial charge < -0.3 is 10.0 Å². The summed E-state index contributed by atoms with van der Waals surface area (Å²) < 4.78 is 29.7. The number of allylic oxidation sites excluding steroid dienone is 1. The second-order valence-electron chi connectivity index (χ2n) is 10.9. The highest BCUT2D eigenvalue weighted by Gasteiger charge is 2.50. The SMILES string of the molecule is CC1(C)[C@H]2CC=C(CCN3CCN(CC(O)(Cn4cncn4)c4ccc(F)cc4F)CC3)[C@@H]1C2. The lowest BCUT2D eigenvalue weighted by Crippen LogP contribution is -2.52. The van der Waals surface area contributed by atoms with Crippen LogP contribution < -0.4 is 0 Å². The molecule has 3 aliphatic carbocycles. The normalized spacial score (nSPS) is 26.6. The molecule has 1 N–H and O–H groups in total. The summed E-state index contributed by atoms with van der Waals surface area (Å²) in [5.74, 6) is 0.215. The molecule has 2 aromatic rings. The Bertz CT molecular complexity index is 1030. The predicted octanol–water partition coefficient (Wildman–Crippen LogP) is 3.44. The van der Waals surface area contributed by atoms with Gasteiger partial charge in [-0.05, 0) is 42.6 Å². The van der Waals surface area contributed by atoms with Crippen LogP contribution in [0.25, 0.3) is 0 Å². The minimum absolute atomic E-state index is 0.0437. The fourth-order valence-corrected chi connectivity index (χ4v) is 6.26. The standard InChI is InChI=1S/C26H35F2N5O/c1-25(2)20-4-3-19(23(25)13-20)7-8-31-9-11-32(12-10-31)15-26(34,16-33-18-29-17-30-33)22-6-5-21(27)14-24(22)28/h3,5-6,14,17-18,20,23,34H,4,7-13,15-16H2,1-2H3/t20-,23-,26?/m0/s1. The average molecular weight is 472 g/mol. The van der Waals surface area contributed by atoms with E-state index in [4.69, 9.17) is 0 Å².